The van der Waals surface area contributed by atoms with E-state index in [9.17, 15) is 4.79 Å². The van der Waals surface area contributed by atoms with E-state index < -0.39 is 0 Å². The van der Waals surface area contributed by atoms with Gasteiger partial charge in [0.05, 0.1) is 13.2 Å². The number of carbonyl (C=O) groups is 1. The molecular weight excluding hydrogens is 194 g/mol. The quantitative estimate of drug-likeness (QED) is 0.553. The summed E-state index contributed by atoms with van der Waals surface area (Å²) < 4.78 is 5.24. The third-order valence-electron chi connectivity index (χ3n) is 2.92. The largest absolute Gasteiger partial charge is 0.378 e. The van der Waals surface area contributed by atoms with Crippen LogP contribution in [0.4, 0.5) is 0 Å². The molecule has 2 aliphatic heterocycles. The number of amides is 1. The SMILES string of the molecule is O=C(NCC1CCCN1)C1COCCN1. The Labute approximate surface area is 89.9 Å². The molecule has 2 heterocycles. The summed E-state index contributed by atoms with van der Waals surface area (Å²) >= 11 is 0. The molecule has 2 atom stereocenters. The molecule has 2 aliphatic rings. The molecular formula is C10H19N3O2. The fourth-order valence-corrected chi connectivity index (χ4v) is 2.01. The summed E-state index contributed by atoms with van der Waals surface area (Å²) in [6.07, 6.45) is 2.38. The predicted octanol–water partition coefficient (Wildman–Crippen LogP) is -1.16. The number of ether oxygens (including phenoxy) is 1. The molecule has 0 aromatic heterocycles. The van der Waals surface area contributed by atoms with Crippen molar-refractivity contribution in [3.8, 4) is 0 Å². The average Bonchev–Trinajstić information content (AvgIpc) is 2.80. The maximum atomic E-state index is 11.7. The maximum Gasteiger partial charge on any atom is 0.239 e. The molecule has 1 amide bonds. The summed E-state index contributed by atoms with van der Waals surface area (Å²) in [7, 11) is 0. The molecule has 2 unspecified atom stereocenters. The van der Waals surface area contributed by atoms with Gasteiger partial charge in [-0.25, -0.2) is 0 Å². The first-order valence-corrected chi connectivity index (χ1v) is 5.68. The smallest absolute Gasteiger partial charge is 0.239 e. The molecule has 0 aromatic rings. The zero-order valence-electron chi connectivity index (χ0n) is 8.92. The van der Waals surface area contributed by atoms with Crippen molar-refractivity contribution < 1.29 is 9.53 Å². The van der Waals surface area contributed by atoms with Crippen LogP contribution >= 0.6 is 0 Å². The van der Waals surface area contributed by atoms with Crippen molar-refractivity contribution in [2.75, 3.05) is 32.8 Å². The summed E-state index contributed by atoms with van der Waals surface area (Å²) in [4.78, 5) is 11.7. The van der Waals surface area contributed by atoms with Crippen LogP contribution in [-0.4, -0.2) is 50.8 Å². The van der Waals surface area contributed by atoms with Crippen LogP contribution in [0.25, 0.3) is 0 Å². The summed E-state index contributed by atoms with van der Waals surface area (Å²) in [5.74, 6) is 0.0587. The van der Waals surface area contributed by atoms with Crippen molar-refractivity contribution in [2.24, 2.45) is 0 Å². The van der Waals surface area contributed by atoms with Gasteiger partial charge in [-0.05, 0) is 19.4 Å². The highest BCUT2D eigenvalue weighted by Crippen LogP contribution is 2.03. The third-order valence-corrected chi connectivity index (χ3v) is 2.92. The Morgan fingerprint density at radius 3 is 3.00 bits per heavy atom. The summed E-state index contributed by atoms with van der Waals surface area (Å²) in [6.45, 7) is 3.76. The molecule has 2 saturated heterocycles. The Hall–Kier alpha value is -0.650. The van der Waals surface area contributed by atoms with E-state index >= 15 is 0 Å². The van der Waals surface area contributed by atoms with Gasteiger partial charge in [0.15, 0.2) is 0 Å². The lowest BCUT2D eigenvalue weighted by molar-refractivity contribution is -0.125. The lowest BCUT2D eigenvalue weighted by Gasteiger charge is -2.23. The first kappa shape index (κ1) is 10.9. The zero-order valence-corrected chi connectivity index (χ0v) is 8.92. The Balaban J connectivity index is 1.66. The topological polar surface area (TPSA) is 62.4 Å². The van der Waals surface area contributed by atoms with E-state index in [2.05, 4.69) is 16.0 Å². The monoisotopic (exact) mass is 213 g/mol. The highest BCUT2D eigenvalue weighted by atomic mass is 16.5. The van der Waals surface area contributed by atoms with E-state index in [1.807, 2.05) is 0 Å². The Bertz CT molecular complexity index is 211. The number of nitrogens with one attached hydrogen (secondary N) is 3. The fraction of sp³-hybridized carbons (Fsp3) is 0.900. The van der Waals surface area contributed by atoms with Crippen LogP contribution in [0.5, 0.6) is 0 Å². The van der Waals surface area contributed by atoms with E-state index in [-0.39, 0.29) is 11.9 Å². The minimum atomic E-state index is -0.167. The third kappa shape index (κ3) is 3.15. The summed E-state index contributed by atoms with van der Waals surface area (Å²) in [5, 5.41) is 9.44. The molecule has 0 bridgehead atoms. The standard InChI is InChI=1S/C10H19N3O2/c14-10(9-7-15-5-4-12-9)13-6-8-2-1-3-11-8/h8-9,11-12H,1-7H2,(H,13,14). The first-order valence-electron chi connectivity index (χ1n) is 5.68. The minimum Gasteiger partial charge on any atom is -0.378 e. The van der Waals surface area contributed by atoms with Crippen LogP contribution in [-0.2, 0) is 9.53 Å². The van der Waals surface area contributed by atoms with Crippen molar-refractivity contribution in [2.45, 2.75) is 24.9 Å². The van der Waals surface area contributed by atoms with Gasteiger partial charge in [0.2, 0.25) is 5.91 Å². The van der Waals surface area contributed by atoms with E-state index in [0.29, 0.717) is 19.3 Å². The minimum absolute atomic E-state index is 0.0587. The van der Waals surface area contributed by atoms with Gasteiger partial charge in [0, 0.05) is 19.1 Å². The van der Waals surface area contributed by atoms with Crippen LogP contribution in [0.1, 0.15) is 12.8 Å². The van der Waals surface area contributed by atoms with Gasteiger partial charge >= 0.3 is 0 Å². The lowest BCUT2D eigenvalue weighted by Crippen LogP contribution is -2.52. The highest BCUT2D eigenvalue weighted by molar-refractivity contribution is 5.82. The van der Waals surface area contributed by atoms with Crippen LogP contribution in [0.3, 0.4) is 0 Å². The van der Waals surface area contributed by atoms with E-state index in [1.54, 1.807) is 0 Å². The van der Waals surface area contributed by atoms with Crippen molar-refractivity contribution in [1.29, 1.82) is 0 Å². The second-order valence-electron chi connectivity index (χ2n) is 4.12. The van der Waals surface area contributed by atoms with Gasteiger partial charge in [-0.3, -0.25) is 4.79 Å². The van der Waals surface area contributed by atoms with Gasteiger partial charge in [0.25, 0.3) is 0 Å². The number of hydrogen-bond acceptors (Lipinski definition) is 4. The lowest BCUT2D eigenvalue weighted by atomic mass is 10.2. The molecule has 15 heavy (non-hydrogen) atoms. The second kappa shape index (κ2) is 5.44. The molecule has 0 radical (unpaired) electrons. The summed E-state index contributed by atoms with van der Waals surface area (Å²) in [6, 6.07) is 0.290. The van der Waals surface area contributed by atoms with Crippen LogP contribution in [0.2, 0.25) is 0 Å². The molecule has 0 aromatic carbocycles. The Morgan fingerprint density at radius 2 is 2.33 bits per heavy atom. The van der Waals surface area contributed by atoms with Gasteiger partial charge in [0.1, 0.15) is 6.04 Å². The number of rotatable bonds is 3. The average molecular weight is 213 g/mol. The molecule has 0 spiro atoms. The fourth-order valence-electron chi connectivity index (χ4n) is 2.01. The van der Waals surface area contributed by atoms with E-state index in [0.717, 1.165) is 26.1 Å². The van der Waals surface area contributed by atoms with Gasteiger partial charge in [-0.15, -0.1) is 0 Å². The molecule has 2 rings (SSSR count). The maximum absolute atomic E-state index is 11.7. The second-order valence-corrected chi connectivity index (χ2v) is 4.12. The van der Waals surface area contributed by atoms with Crippen LogP contribution in [0.15, 0.2) is 0 Å². The molecule has 3 N–H and O–H groups in total. The van der Waals surface area contributed by atoms with Crippen molar-refractivity contribution in [3.05, 3.63) is 0 Å². The molecule has 2 fully saturated rings. The number of carbonyl (C=O) groups excluding carboxylic acids is 1. The Kier molecular flexibility index (Phi) is 3.94. The predicted molar refractivity (Wildman–Crippen MR) is 56.6 cm³/mol. The van der Waals surface area contributed by atoms with Crippen LogP contribution < -0.4 is 16.0 Å². The zero-order chi connectivity index (χ0) is 10.5. The molecule has 86 valence electrons. The molecule has 0 saturated carbocycles. The Morgan fingerprint density at radius 1 is 1.40 bits per heavy atom. The van der Waals surface area contributed by atoms with E-state index in [1.165, 1.54) is 6.42 Å². The van der Waals surface area contributed by atoms with Gasteiger partial charge in [-0.1, -0.05) is 0 Å². The van der Waals surface area contributed by atoms with E-state index in [4.69, 9.17) is 4.74 Å². The van der Waals surface area contributed by atoms with Crippen molar-refractivity contribution in [3.63, 3.8) is 0 Å². The van der Waals surface area contributed by atoms with Crippen molar-refractivity contribution in [1.82, 2.24) is 16.0 Å². The van der Waals surface area contributed by atoms with Gasteiger partial charge < -0.3 is 20.7 Å². The number of hydrogen-bond donors (Lipinski definition) is 3. The molecule has 0 aliphatic carbocycles. The first-order chi connectivity index (χ1) is 7.36. The molecule has 5 nitrogen and oxygen atoms in total. The highest BCUT2D eigenvalue weighted by Gasteiger charge is 2.22. The normalized spacial score (nSPS) is 31.5. The molecule has 5 heteroatoms. The van der Waals surface area contributed by atoms with Gasteiger partial charge in [-0.2, -0.15) is 0 Å². The number of morpholine rings is 1. The van der Waals surface area contributed by atoms with Crippen LogP contribution in [0, 0.1) is 0 Å². The summed E-state index contributed by atoms with van der Waals surface area (Å²) in [5.41, 5.74) is 0. The van der Waals surface area contributed by atoms with Crippen molar-refractivity contribution >= 4 is 5.91 Å².